The van der Waals surface area contributed by atoms with Crippen molar-refractivity contribution >= 4 is 23.0 Å². The van der Waals surface area contributed by atoms with Crippen LogP contribution in [0.3, 0.4) is 0 Å². The normalized spacial score (nSPS) is 27.9. The Morgan fingerprint density at radius 3 is 2.07 bits per heavy atom. The third-order valence-electron chi connectivity index (χ3n) is 4.95. The zero-order chi connectivity index (χ0) is 21.4. The van der Waals surface area contributed by atoms with Crippen LogP contribution in [-0.2, 0) is 9.68 Å². The SMILES string of the molecule is CC(C)=NOC1(ON=C(C)C)N=C(N)[C@]2(C#N)[C@H](C(=O)c3ccccc3)[C@]12C#N. The van der Waals surface area contributed by atoms with Gasteiger partial charge in [0.15, 0.2) is 11.2 Å². The third kappa shape index (κ3) is 2.51. The summed E-state index contributed by atoms with van der Waals surface area (Å²) >= 11 is 0. The average Bonchev–Trinajstić information content (AvgIpc) is 3.28. The van der Waals surface area contributed by atoms with Gasteiger partial charge in [0.2, 0.25) is 5.41 Å². The molecule has 2 N–H and O–H groups in total. The molecule has 1 fully saturated rings. The number of carbonyl (C=O) groups excluding carboxylic acids is 1. The summed E-state index contributed by atoms with van der Waals surface area (Å²) in [5.74, 6) is -3.96. The number of hydrogen-bond donors (Lipinski definition) is 1. The highest BCUT2D eigenvalue weighted by Crippen LogP contribution is 2.78. The minimum Gasteiger partial charge on any atom is -0.386 e. The van der Waals surface area contributed by atoms with E-state index in [1.165, 1.54) is 0 Å². The molecule has 1 heterocycles. The smallest absolute Gasteiger partial charge is 0.386 e. The standard InChI is InChI=1S/C20H20N6O3/c1-12(2)25-28-20(29-26-13(3)4)19(11-22)16(18(19,10-21)17(23)24-20)15(27)14-8-6-5-7-9-14/h5-9,16H,1-4H3,(H2,23,24)/t16-,18-,19-/m0/s1. The quantitative estimate of drug-likeness (QED) is 0.340. The Morgan fingerprint density at radius 2 is 1.62 bits per heavy atom. The fourth-order valence-electron chi connectivity index (χ4n) is 3.69. The van der Waals surface area contributed by atoms with Crippen molar-refractivity contribution in [2.24, 2.45) is 37.8 Å². The van der Waals surface area contributed by atoms with E-state index in [-0.39, 0.29) is 5.84 Å². The monoisotopic (exact) mass is 392 g/mol. The van der Waals surface area contributed by atoms with Crippen molar-refractivity contribution in [3.63, 3.8) is 0 Å². The van der Waals surface area contributed by atoms with Crippen LogP contribution < -0.4 is 5.73 Å². The summed E-state index contributed by atoms with van der Waals surface area (Å²) in [6, 6.07) is 12.4. The van der Waals surface area contributed by atoms with Crippen LogP contribution in [0.1, 0.15) is 38.1 Å². The number of aliphatic imine (C=N–C) groups is 1. The number of ketones is 1. The highest BCUT2D eigenvalue weighted by molar-refractivity contribution is 6.12. The van der Waals surface area contributed by atoms with Crippen molar-refractivity contribution in [3.8, 4) is 12.1 Å². The Kier molecular flexibility index (Phi) is 4.63. The lowest BCUT2D eigenvalue weighted by atomic mass is 9.94. The van der Waals surface area contributed by atoms with E-state index in [1.54, 1.807) is 58.0 Å². The molecule has 1 aromatic rings. The van der Waals surface area contributed by atoms with Crippen LogP contribution in [0.25, 0.3) is 0 Å². The van der Waals surface area contributed by atoms with Crippen LogP contribution in [0.5, 0.6) is 0 Å². The maximum Gasteiger partial charge on any atom is 0.421 e. The molecule has 2 aliphatic rings. The summed E-state index contributed by atoms with van der Waals surface area (Å²) in [6.07, 6.45) is 0. The minimum atomic E-state index is -2.16. The third-order valence-corrected chi connectivity index (χ3v) is 4.95. The molecule has 1 aliphatic carbocycles. The predicted molar refractivity (Wildman–Crippen MR) is 104 cm³/mol. The molecule has 29 heavy (non-hydrogen) atoms. The molecule has 9 heteroatoms. The first-order valence-corrected chi connectivity index (χ1v) is 8.88. The first kappa shape index (κ1) is 20.0. The molecule has 0 saturated heterocycles. The molecule has 0 radical (unpaired) electrons. The van der Waals surface area contributed by atoms with Gasteiger partial charge in [0.05, 0.1) is 29.5 Å². The summed E-state index contributed by atoms with van der Waals surface area (Å²) in [7, 11) is 0. The fraction of sp³-hybridized carbons (Fsp3) is 0.400. The van der Waals surface area contributed by atoms with Crippen molar-refractivity contribution in [1.82, 2.24) is 0 Å². The number of nitriles is 2. The number of nitrogens with two attached hydrogens (primary N) is 1. The molecule has 148 valence electrons. The molecule has 0 spiro atoms. The number of Topliss-reactive ketones (excluding diaryl/α,β-unsaturated/α-hetero) is 1. The van der Waals surface area contributed by atoms with E-state index in [0.29, 0.717) is 17.0 Å². The van der Waals surface area contributed by atoms with Crippen molar-refractivity contribution in [2.75, 3.05) is 0 Å². The van der Waals surface area contributed by atoms with Crippen molar-refractivity contribution in [2.45, 2.75) is 33.6 Å². The zero-order valence-corrected chi connectivity index (χ0v) is 16.5. The Balaban J connectivity index is 2.20. The Labute approximate surface area is 168 Å². The summed E-state index contributed by atoms with van der Waals surface area (Å²) < 4.78 is 0. The number of fused-ring (bicyclic) bond motifs is 1. The van der Waals surface area contributed by atoms with Gasteiger partial charge in [0.25, 0.3) is 0 Å². The van der Waals surface area contributed by atoms with Crippen LogP contribution >= 0.6 is 0 Å². The molecular weight excluding hydrogens is 372 g/mol. The summed E-state index contributed by atoms with van der Waals surface area (Å²) in [5.41, 5.74) is 3.89. The second kappa shape index (κ2) is 6.71. The highest BCUT2D eigenvalue weighted by atomic mass is 16.8. The Morgan fingerprint density at radius 1 is 1.07 bits per heavy atom. The number of benzene rings is 1. The lowest BCUT2D eigenvalue weighted by molar-refractivity contribution is -0.262. The van der Waals surface area contributed by atoms with E-state index < -0.39 is 28.4 Å². The maximum absolute atomic E-state index is 13.3. The molecule has 9 nitrogen and oxygen atoms in total. The number of hydrogen-bond acceptors (Lipinski definition) is 9. The molecule has 0 aromatic heterocycles. The number of amidine groups is 1. The van der Waals surface area contributed by atoms with Gasteiger partial charge in [-0.15, -0.1) is 0 Å². The Hall–Kier alpha value is -3.72. The molecule has 0 unspecified atom stereocenters. The second-order valence-corrected chi connectivity index (χ2v) is 7.34. The lowest BCUT2D eigenvalue weighted by Crippen LogP contribution is -2.42. The van der Waals surface area contributed by atoms with Gasteiger partial charge in [-0.2, -0.15) is 15.5 Å². The van der Waals surface area contributed by atoms with Gasteiger partial charge in [-0.3, -0.25) is 4.79 Å². The Bertz CT molecular complexity index is 1000. The number of rotatable bonds is 6. The molecule has 1 aliphatic heterocycles. The summed E-state index contributed by atoms with van der Waals surface area (Å²) in [6.45, 7) is 6.67. The van der Waals surface area contributed by atoms with Gasteiger partial charge in [0.1, 0.15) is 5.84 Å². The number of nitrogens with zero attached hydrogens (tertiary/aromatic N) is 5. The molecule has 0 bridgehead atoms. The number of oxime groups is 2. The van der Waals surface area contributed by atoms with E-state index in [0.717, 1.165) is 0 Å². The lowest BCUT2D eigenvalue weighted by Gasteiger charge is -2.27. The molecular formula is C20H20N6O3. The first-order chi connectivity index (χ1) is 13.7. The van der Waals surface area contributed by atoms with Crippen LogP contribution in [-0.4, -0.2) is 29.0 Å². The van der Waals surface area contributed by atoms with Gasteiger partial charge in [-0.1, -0.05) is 40.6 Å². The van der Waals surface area contributed by atoms with E-state index in [1.807, 2.05) is 12.1 Å². The zero-order valence-electron chi connectivity index (χ0n) is 16.5. The van der Waals surface area contributed by atoms with Crippen LogP contribution in [0.15, 0.2) is 45.6 Å². The van der Waals surface area contributed by atoms with E-state index in [4.69, 9.17) is 15.4 Å². The average molecular weight is 392 g/mol. The second-order valence-electron chi connectivity index (χ2n) is 7.34. The van der Waals surface area contributed by atoms with E-state index >= 15 is 0 Å². The fourth-order valence-corrected chi connectivity index (χ4v) is 3.69. The van der Waals surface area contributed by atoms with E-state index in [2.05, 4.69) is 15.3 Å². The summed E-state index contributed by atoms with van der Waals surface area (Å²) in [4.78, 5) is 28.5. The predicted octanol–water partition coefficient (Wildman–Crippen LogP) is 2.37. The molecule has 1 aromatic carbocycles. The molecule has 0 amide bonds. The topological polar surface area (TPSA) is 146 Å². The maximum atomic E-state index is 13.3. The number of carbonyl (C=O) groups is 1. The highest BCUT2D eigenvalue weighted by Gasteiger charge is 2.97. The molecule has 3 atom stereocenters. The van der Waals surface area contributed by atoms with Crippen LogP contribution in [0, 0.1) is 39.4 Å². The van der Waals surface area contributed by atoms with Gasteiger partial charge >= 0.3 is 5.91 Å². The largest absolute Gasteiger partial charge is 0.421 e. The molecule has 3 rings (SSSR count). The van der Waals surface area contributed by atoms with Crippen molar-refractivity contribution in [1.29, 1.82) is 10.5 Å². The summed E-state index contributed by atoms with van der Waals surface area (Å²) in [5, 5.41) is 27.9. The van der Waals surface area contributed by atoms with Crippen molar-refractivity contribution in [3.05, 3.63) is 35.9 Å². The van der Waals surface area contributed by atoms with Crippen molar-refractivity contribution < 1.29 is 14.5 Å². The molecule has 1 saturated carbocycles. The van der Waals surface area contributed by atoms with Crippen LogP contribution in [0.2, 0.25) is 0 Å². The van der Waals surface area contributed by atoms with Gasteiger partial charge in [-0.25, -0.2) is 0 Å². The van der Waals surface area contributed by atoms with E-state index in [9.17, 15) is 15.3 Å². The van der Waals surface area contributed by atoms with Gasteiger partial charge in [0, 0.05) is 5.56 Å². The van der Waals surface area contributed by atoms with Gasteiger partial charge in [-0.05, 0) is 27.7 Å². The first-order valence-electron chi connectivity index (χ1n) is 8.88. The van der Waals surface area contributed by atoms with Gasteiger partial charge < -0.3 is 15.4 Å². The van der Waals surface area contributed by atoms with Crippen LogP contribution in [0.4, 0.5) is 0 Å². The minimum absolute atomic E-state index is 0.219.